The van der Waals surface area contributed by atoms with Gasteiger partial charge in [0.2, 0.25) is 0 Å². The summed E-state index contributed by atoms with van der Waals surface area (Å²) in [6, 6.07) is 16.5. The Labute approximate surface area is 216 Å². The second-order valence-electron chi connectivity index (χ2n) is 8.24. The number of pyridine rings is 1. The quantitative estimate of drug-likeness (QED) is 0.163. The Morgan fingerprint density at radius 1 is 1.11 bits per heavy atom. The fraction of sp³-hybridized carbons (Fsp3) is 0.154. The molecule has 1 atom stereocenters. The molecular weight excluding hydrogens is 494 g/mol. The number of nitro benzene ring substituents is 1. The van der Waals surface area contributed by atoms with Gasteiger partial charge in [0.25, 0.3) is 11.6 Å². The molecule has 3 N–H and O–H groups in total. The number of rotatable bonds is 10. The number of nitrogens with zero attached hydrogens (tertiary/aromatic N) is 3. The predicted octanol–water partition coefficient (Wildman–Crippen LogP) is 2.92. The van der Waals surface area contributed by atoms with E-state index in [1.54, 1.807) is 34.9 Å². The standard InChI is InChI=1S/C26H23N5O7/c1-38-22(32)15-27-24-23(17-7-9-19(10-8-17)31(36)37)29-21-14-18(11-12-30(21)24)25(33)28-20(26(34)35)13-16-5-3-2-4-6-16/h2-12,14,20,27H,13,15H2,1H3,(H,28,33)(H,34,35). The zero-order valence-electron chi connectivity index (χ0n) is 20.2. The van der Waals surface area contributed by atoms with E-state index in [0.29, 0.717) is 22.7 Å². The number of anilines is 1. The van der Waals surface area contributed by atoms with Crippen LogP contribution in [0, 0.1) is 10.1 Å². The molecule has 0 bridgehead atoms. The summed E-state index contributed by atoms with van der Waals surface area (Å²) in [5.41, 5.74) is 2.09. The summed E-state index contributed by atoms with van der Waals surface area (Å²) >= 11 is 0. The van der Waals surface area contributed by atoms with Crippen LogP contribution < -0.4 is 10.6 Å². The van der Waals surface area contributed by atoms with Gasteiger partial charge in [0.15, 0.2) is 0 Å². The Hall–Kier alpha value is -5.26. The normalized spacial score (nSPS) is 11.5. The van der Waals surface area contributed by atoms with Gasteiger partial charge in [-0.2, -0.15) is 0 Å². The van der Waals surface area contributed by atoms with Crippen molar-refractivity contribution in [3.63, 3.8) is 0 Å². The van der Waals surface area contributed by atoms with Gasteiger partial charge in [-0.1, -0.05) is 30.3 Å². The third-order valence-electron chi connectivity index (χ3n) is 5.75. The molecule has 1 amide bonds. The van der Waals surface area contributed by atoms with Crippen molar-refractivity contribution in [3.8, 4) is 11.3 Å². The van der Waals surface area contributed by atoms with Crippen LogP contribution in [-0.2, 0) is 20.7 Å². The van der Waals surface area contributed by atoms with Crippen LogP contribution in [0.4, 0.5) is 11.5 Å². The number of ether oxygens (including phenoxy) is 1. The van der Waals surface area contributed by atoms with Gasteiger partial charge in [0.05, 0.1) is 12.0 Å². The number of carboxylic acid groups (broad SMARTS) is 1. The minimum absolute atomic E-state index is 0.0935. The minimum Gasteiger partial charge on any atom is -0.480 e. The lowest BCUT2D eigenvalue weighted by Crippen LogP contribution is -2.42. The molecule has 0 aliphatic rings. The number of carbonyl (C=O) groups is 3. The maximum Gasteiger partial charge on any atom is 0.326 e. The van der Waals surface area contributed by atoms with Crippen LogP contribution in [0.5, 0.6) is 0 Å². The van der Waals surface area contributed by atoms with Gasteiger partial charge in [-0.25, -0.2) is 9.78 Å². The zero-order chi connectivity index (χ0) is 27.2. The van der Waals surface area contributed by atoms with E-state index in [0.717, 1.165) is 5.56 Å². The number of hydrogen-bond acceptors (Lipinski definition) is 8. The molecule has 1 unspecified atom stereocenters. The molecule has 194 valence electrons. The molecule has 12 heteroatoms. The fourth-order valence-corrected chi connectivity index (χ4v) is 3.82. The highest BCUT2D eigenvalue weighted by molar-refractivity contribution is 5.97. The number of nitrogens with one attached hydrogen (secondary N) is 2. The molecule has 0 saturated carbocycles. The van der Waals surface area contributed by atoms with Crippen molar-refractivity contribution in [1.29, 1.82) is 0 Å². The summed E-state index contributed by atoms with van der Waals surface area (Å²) in [5, 5.41) is 26.2. The Balaban J connectivity index is 1.66. The summed E-state index contributed by atoms with van der Waals surface area (Å²) in [7, 11) is 1.25. The summed E-state index contributed by atoms with van der Waals surface area (Å²) in [5.74, 6) is -1.89. The number of non-ortho nitro benzene ring substituents is 1. The first-order valence-electron chi connectivity index (χ1n) is 11.4. The number of imidazole rings is 1. The van der Waals surface area contributed by atoms with E-state index in [9.17, 15) is 29.6 Å². The second-order valence-corrected chi connectivity index (χ2v) is 8.24. The van der Waals surface area contributed by atoms with Crippen molar-refractivity contribution in [1.82, 2.24) is 14.7 Å². The number of nitro groups is 1. The Morgan fingerprint density at radius 3 is 2.45 bits per heavy atom. The lowest BCUT2D eigenvalue weighted by atomic mass is 10.1. The number of hydrogen-bond donors (Lipinski definition) is 3. The van der Waals surface area contributed by atoms with Crippen molar-refractivity contribution in [2.75, 3.05) is 19.0 Å². The van der Waals surface area contributed by atoms with Crippen LogP contribution in [0.25, 0.3) is 16.9 Å². The van der Waals surface area contributed by atoms with E-state index in [4.69, 9.17) is 4.74 Å². The van der Waals surface area contributed by atoms with Gasteiger partial charge < -0.3 is 20.5 Å². The van der Waals surface area contributed by atoms with Gasteiger partial charge >= 0.3 is 11.9 Å². The number of amides is 1. The molecule has 0 aliphatic heterocycles. The molecule has 0 saturated heterocycles. The number of methoxy groups -OCH3 is 1. The van der Waals surface area contributed by atoms with Gasteiger partial charge in [0.1, 0.15) is 29.7 Å². The van der Waals surface area contributed by atoms with Gasteiger partial charge in [-0.15, -0.1) is 0 Å². The van der Waals surface area contributed by atoms with Gasteiger partial charge in [-0.05, 0) is 29.8 Å². The molecule has 0 fully saturated rings. The number of fused-ring (bicyclic) bond motifs is 1. The van der Waals surface area contributed by atoms with Crippen molar-refractivity contribution in [3.05, 3.63) is 94.2 Å². The summed E-state index contributed by atoms with van der Waals surface area (Å²) in [4.78, 5) is 51.6. The number of esters is 1. The Bertz CT molecular complexity index is 1500. The molecule has 2 heterocycles. The molecule has 4 aromatic rings. The molecule has 0 spiro atoms. The third kappa shape index (κ3) is 5.75. The van der Waals surface area contributed by atoms with E-state index in [2.05, 4.69) is 15.6 Å². The fourth-order valence-electron chi connectivity index (χ4n) is 3.82. The smallest absolute Gasteiger partial charge is 0.326 e. The Kier molecular flexibility index (Phi) is 7.61. The lowest BCUT2D eigenvalue weighted by molar-refractivity contribution is -0.384. The minimum atomic E-state index is -1.17. The first-order valence-corrected chi connectivity index (χ1v) is 11.4. The van der Waals surface area contributed by atoms with E-state index >= 15 is 0 Å². The molecule has 4 rings (SSSR count). The topological polar surface area (TPSA) is 165 Å². The van der Waals surface area contributed by atoms with Crippen molar-refractivity contribution < 1.29 is 29.2 Å². The van der Waals surface area contributed by atoms with Crippen LogP contribution in [0.2, 0.25) is 0 Å². The van der Waals surface area contributed by atoms with Gasteiger partial charge in [0, 0.05) is 35.9 Å². The number of aliphatic carboxylic acids is 1. The lowest BCUT2D eigenvalue weighted by Gasteiger charge is -2.15. The maximum absolute atomic E-state index is 13.0. The third-order valence-corrected chi connectivity index (χ3v) is 5.75. The van der Waals surface area contributed by atoms with Crippen LogP contribution in [0.15, 0.2) is 72.9 Å². The number of carbonyl (C=O) groups excluding carboxylic acids is 2. The van der Waals surface area contributed by atoms with Crippen molar-refractivity contribution in [2.45, 2.75) is 12.5 Å². The van der Waals surface area contributed by atoms with E-state index in [1.807, 2.05) is 6.07 Å². The number of aromatic nitrogens is 2. The SMILES string of the molecule is COC(=O)CNc1c(-c2ccc([N+](=O)[O-])cc2)nc2cc(C(=O)NC(Cc3ccccc3)C(=O)O)ccn12. The first kappa shape index (κ1) is 25.8. The van der Waals surface area contributed by atoms with E-state index in [-0.39, 0.29) is 24.2 Å². The zero-order valence-corrected chi connectivity index (χ0v) is 20.2. The molecule has 2 aromatic carbocycles. The highest BCUT2D eigenvalue weighted by Crippen LogP contribution is 2.30. The molecule has 2 aromatic heterocycles. The summed E-state index contributed by atoms with van der Waals surface area (Å²) < 4.78 is 6.30. The summed E-state index contributed by atoms with van der Waals surface area (Å²) in [6.45, 7) is -0.174. The van der Waals surface area contributed by atoms with E-state index < -0.39 is 28.8 Å². The first-order chi connectivity index (χ1) is 18.3. The molecule has 0 aliphatic carbocycles. The monoisotopic (exact) mass is 517 g/mol. The number of benzene rings is 2. The van der Waals surface area contributed by atoms with Crippen LogP contribution in [0.1, 0.15) is 15.9 Å². The van der Waals surface area contributed by atoms with Crippen LogP contribution in [-0.4, -0.2) is 57.0 Å². The molecular formula is C26H23N5O7. The molecule has 0 radical (unpaired) electrons. The van der Waals surface area contributed by atoms with Crippen LogP contribution in [0.3, 0.4) is 0 Å². The summed E-state index contributed by atoms with van der Waals surface area (Å²) in [6.07, 6.45) is 1.66. The largest absolute Gasteiger partial charge is 0.480 e. The van der Waals surface area contributed by atoms with E-state index in [1.165, 1.54) is 43.5 Å². The van der Waals surface area contributed by atoms with Crippen molar-refractivity contribution in [2.24, 2.45) is 0 Å². The average Bonchev–Trinajstić information content (AvgIpc) is 3.29. The highest BCUT2D eigenvalue weighted by Gasteiger charge is 2.23. The highest BCUT2D eigenvalue weighted by atomic mass is 16.6. The van der Waals surface area contributed by atoms with Crippen molar-refractivity contribution >= 4 is 35.0 Å². The average molecular weight is 517 g/mol. The maximum atomic E-state index is 13.0. The Morgan fingerprint density at radius 2 is 1.82 bits per heavy atom. The van der Waals surface area contributed by atoms with Crippen LogP contribution >= 0.6 is 0 Å². The predicted molar refractivity (Wildman–Crippen MR) is 137 cm³/mol. The molecule has 12 nitrogen and oxygen atoms in total. The molecule has 38 heavy (non-hydrogen) atoms. The number of carboxylic acids is 1. The second kappa shape index (κ2) is 11.2. The van der Waals surface area contributed by atoms with Gasteiger partial charge in [-0.3, -0.25) is 24.1 Å².